The van der Waals surface area contributed by atoms with Crippen LogP contribution in [0.5, 0.6) is 0 Å². The molecule has 8 heteroatoms. The summed E-state index contributed by atoms with van der Waals surface area (Å²) in [5.41, 5.74) is 1.58. The smallest absolute Gasteiger partial charge is 0.251 e. The van der Waals surface area contributed by atoms with E-state index in [1.165, 1.54) is 10.6 Å². The molecule has 0 aliphatic carbocycles. The first-order valence-corrected chi connectivity index (χ1v) is 8.53. The lowest BCUT2D eigenvalue weighted by Gasteiger charge is -2.09. The molecule has 2 amide bonds. The third-order valence-corrected chi connectivity index (χ3v) is 3.66. The Hall–Kier alpha value is -2.97. The molecule has 27 heavy (non-hydrogen) atoms. The SMILES string of the molecule is Cc1ccn(CC(=O)Nc2ccc(C(=O)NCCOCCO)cc2)c(=O)c1. The van der Waals surface area contributed by atoms with Gasteiger partial charge in [-0.25, -0.2) is 0 Å². The minimum absolute atomic E-state index is 0.0559. The standard InChI is InChI=1S/C19H23N3O5/c1-14-6-8-22(18(25)12-14)13-17(24)21-16-4-2-15(3-5-16)19(26)20-7-10-27-11-9-23/h2-6,8,12,23H,7,9-11,13H2,1H3,(H,20,26)(H,21,24). The van der Waals surface area contributed by atoms with Gasteiger partial charge in [0.15, 0.2) is 0 Å². The number of hydrogen-bond acceptors (Lipinski definition) is 5. The largest absolute Gasteiger partial charge is 0.394 e. The van der Waals surface area contributed by atoms with Crippen LogP contribution in [0.4, 0.5) is 5.69 Å². The molecule has 1 aromatic carbocycles. The number of ether oxygens (including phenoxy) is 1. The Morgan fingerprint density at radius 2 is 1.89 bits per heavy atom. The van der Waals surface area contributed by atoms with E-state index >= 15 is 0 Å². The van der Waals surface area contributed by atoms with Crippen molar-refractivity contribution < 1.29 is 19.4 Å². The van der Waals surface area contributed by atoms with Crippen molar-refractivity contribution in [1.29, 1.82) is 0 Å². The van der Waals surface area contributed by atoms with Gasteiger partial charge in [0.25, 0.3) is 11.5 Å². The Morgan fingerprint density at radius 3 is 2.56 bits per heavy atom. The molecule has 2 rings (SSSR count). The molecule has 0 aliphatic heterocycles. The molecule has 0 spiro atoms. The lowest BCUT2D eigenvalue weighted by atomic mass is 10.2. The second-order valence-electron chi connectivity index (χ2n) is 5.89. The summed E-state index contributed by atoms with van der Waals surface area (Å²) in [6.07, 6.45) is 1.58. The molecule has 0 saturated heterocycles. The number of anilines is 1. The van der Waals surface area contributed by atoms with Crippen LogP contribution in [0.1, 0.15) is 15.9 Å². The molecule has 2 aromatic rings. The summed E-state index contributed by atoms with van der Waals surface area (Å²) < 4.78 is 6.38. The maximum atomic E-state index is 12.1. The summed E-state index contributed by atoms with van der Waals surface area (Å²) >= 11 is 0. The summed E-state index contributed by atoms with van der Waals surface area (Å²) in [5, 5.41) is 14.0. The van der Waals surface area contributed by atoms with Crippen LogP contribution in [-0.4, -0.2) is 47.9 Å². The topological polar surface area (TPSA) is 110 Å². The van der Waals surface area contributed by atoms with E-state index in [1.54, 1.807) is 36.5 Å². The summed E-state index contributed by atoms with van der Waals surface area (Å²) in [6.45, 7) is 2.56. The van der Waals surface area contributed by atoms with E-state index in [2.05, 4.69) is 10.6 Å². The van der Waals surface area contributed by atoms with E-state index < -0.39 is 0 Å². The van der Waals surface area contributed by atoms with Crippen LogP contribution in [0.2, 0.25) is 0 Å². The number of aryl methyl sites for hydroxylation is 1. The number of carbonyl (C=O) groups is 2. The van der Waals surface area contributed by atoms with Crippen molar-refractivity contribution >= 4 is 17.5 Å². The first-order valence-electron chi connectivity index (χ1n) is 8.53. The number of hydrogen-bond donors (Lipinski definition) is 3. The van der Waals surface area contributed by atoms with E-state index in [1.807, 2.05) is 6.92 Å². The summed E-state index contributed by atoms with van der Waals surface area (Å²) in [6, 6.07) is 9.65. The first-order chi connectivity index (χ1) is 13.0. The van der Waals surface area contributed by atoms with Crippen molar-refractivity contribution in [3.8, 4) is 0 Å². The van der Waals surface area contributed by atoms with Gasteiger partial charge in [-0.15, -0.1) is 0 Å². The number of benzene rings is 1. The van der Waals surface area contributed by atoms with Crippen molar-refractivity contribution in [2.45, 2.75) is 13.5 Å². The fraction of sp³-hybridized carbons (Fsp3) is 0.316. The Kier molecular flexibility index (Phi) is 7.72. The van der Waals surface area contributed by atoms with E-state index in [-0.39, 0.29) is 37.1 Å². The second kappa shape index (κ2) is 10.2. The van der Waals surface area contributed by atoms with Crippen LogP contribution < -0.4 is 16.2 Å². The van der Waals surface area contributed by atoms with E-state index in [0.717, 1.165) is 5.56 Å². The van der Waals surface area contributed by atoms with Crippen molar-refractivity contribution in [3.05, 3.63) is 64.1 Å². The fourth-order valence-corrected chi connectivity index (χ4v) is 2.30. The molecule has 0 aliphatic rings. The molecule has 0 bridgehead atoms. The van der Waals surface area contributed by atoms with Crippen molar-refractivity contribution in [2.24, 2.45) is 0 Å². The summed E-state index contributed by atoms with van der Waals surface area (Å²) in [5.74, 6) is -0.592. The number of amides is 2. The number of nitrogens with zero attached hydrogens (tertiary/aromatic N) is 1. The van der Waals surface area contributed by atoms with Crippen LogP contribution in [0.15, 0.2) is 47.4 Å². The minimum Gasteiger partial charge on any atom is -0.394 e. The molecule has 144 valence electrons. The number of aromatic nitrogens is 1. The van der Waals surface area contributed by atoms with Crippen LogP contribution in [0.25, 0.3) is 0 Å². The van der Waals surface area contributed by atoms with Crippen molar-refractivity contribution in [3.63, 3.8) is 0 Å². The van der Waals surface area contributed by atoms with Crippen LogP contribution in [0.3, 0.4) is 0 Å². The highest BCUT2D eigenvalue weighted by Gasteiger charge is 2.08. The average Bonchev–Trinajstić information content (AvgIpc) is 2.64. The van der Waals surface area contributed by atoms with Gasteiger partial charge in [0.1, 0.15) is 6.54 Å². The van der Waals surface area contributed by atoms with Gasteiger partial charge in [-0.3, -0.25) is 14.4 Å². The Morgan fingerprint density at radius 1 is 1.15 bits per heavy atom. The van der Waals surface area contributed by atoms with Gasteiger partial charge in [-0.1, -0.05) is 0 Å². The van der Waals surface area contributed by atoms with E-state index in [4.69, 9.17) is 9.84 Å². The monoisotopic (exact) mass is 373 g/mol. The van der Waals surface area contributed by atoms with Gasteiger partial charge in [0, 0.05) is 30.1 Å². The Balaban J connectivity index is 1.84. The normalized spacial score (nSPS) is 10.4. The predicted octanol–water partition coefficient (Wildman–Crippen LogP) is 0.534. The number of aliphatic hydroxyl groups is 1. The van der Waals surface area contributed by atoms with Gasteiger partial charge >= 0.3 is 0 Å². The number of carbonyl (C=O) groups excluding carboxylic acids is 2. The number of pyridine rings is 1. The molecule has 1 aromatic heterocycles. The highest BCUT2D eigenvalue weighted by Crippen LogP contribution is 2.09. The third kappa shape index (κ3) is 6.69. The van der Waals surface area contributed by atoms with Crippen LogP contribution in [0, 0.1) is 6.92 Å². The highest BCUT2D eigenvalue weighted by atomic mass is 16.5. The van der Waals surface area contributed by atoms with Gasteiger partial charge in [0.2, 0.25) is 5.91 Å². The summed E-state index contributed by atoms with van der Waals surface area (Å²) in [7, 11) is 0. The zero-order valence-electron chi connectivity index (χ0n) is 15.1. The molecule has 0 unspecified atom stereocenters. The Bertz CT molecular complexity index is 830. The second-order valence-corrected chi connectivity index (χ2v) is 5.89. The third-order valence-electron chi connectivity index (χ3n) is 3.66. The number of nitrogens with one attached hydrogen (secondary N) is 2. The van der Waals surface area contributed by atoms with E-state index in [0.29, 0.717) is 24.4 Å². The Labute approximate surface area is 156 Å². The molecule has 0 fully saturated rings. The molecular weight excluding hydrogens is 350 g/mol. The average molecular weight is 373 g/mol. The molecular formula is C19H23N3O5. The molecule has 0 saturated carbocycles. The van der Waals surface area contributed by atoms with Crippen molar-refractivity contribution in [2.75, 3.05) is 31.7 Å². The minimum atomic E-state index is -0.334. The zero-order valence-corrected chi connectivity index (χ0v) is 15.1. The van der Waals surface area contributed by atoms with Gasteiger partial charge in [0.05, 0.1) is 19.8 Å². The van der Waals surface area contributed by atoms with Crippen LogP contribution in [-0.2, 0) is 16.1 Å². The van der Waals surface area contributed by atoms with Crippen LogP contribution >= 0.6 is 0 Å². The fourth-order valence-electron chi connectivity index (χ4n) is 2.30. The summed E-state index contributed by atoms with van der Waals surface area (Å²) in [4.78, 5) is 35.9. The van der Waals surface area contributed by atoms with Gasteiger partial charge in [-0.2, -0.15) is 0 Å². The highest BCUT2D eigenvalue weighted by molar-refractivity contribution is 5.95. The maximum Gasteiger partial charge on any atom is 0.251 e. The molecule has 8 nitrogen and oxygen atoms in total. The lowest BCUT2D eigenvalue weighted by molar-refractivity contribution is -0.116. The maximum absolute atomic E-state index is 12.1. The zero-order chi connectivity index (χ0) is 19.6. The first kappa shape index (κ1) is 20.3. The molecule has 0 radical (unpaired) electrons. The van der Waals surface area contributed by atoms with E-state index in [9.17, 15) is 14.4 Å². The lowest BCUT2D eigenvalue weighted by Crippen LogP contribution is -2.28. The quantitative estimate of drug-likeness (QED) is 0.556. The molecule has 1 heterocycles. The molecule has 3 N–H and O–H groups in total. The number of rotatable bonds is 9. The number of aliphatic hydroxyl groups excluding tert-OH is 1. The van der Waals surface area contributed by atoms with Gasteiger partial charge in [-0.05, 0) is 42.8 Å². The van der Waals surface area contributed by atoms with Crippen molar-refractivity contribution in [1.82, 2.24) is 9.88 Å². The van der Waals surface area contributed by atoms with Gasteiger partial charge < -0.3 is 25.0 Å². The predicted molar refractivity (Wildman–Crippen MR) is 101 cm³/mol. The molecule has 0 atom stereocenters.